The monoisotopic (exact) mass is 267 g/mol. The number of hydrogen-bond acceptors (Lipinski definition) is 4. The minimum absolute atomic E-state index is 0.445. The topological polar surface area (TPSA) is 42.2 Å². The molecule has 2 rings (SSSR count). The zero-order valence-corrected chi connectivity index (χ0v) is 11.7. The summed E-state index contributed by atoms with van der Waals surface area (Å²) < 4.78 is 0. The molecule has 1 fully saturated rings. The molecule has 0 saturated carbocycles. The van der Waals surface area contributed by atoms with Crippen molar-refractivity contribution in [3.05, 3.63) is 24.0 Å². The van der Waals surface area contributed by atoms with Gasteiger partial charge in [-0.3, -0.25) is 4.98 Å². The third-order valence-electron chi connectivity index (χ3n) is 2.83. The number of rotatable bonds is 2. The second-order valence-electron chi connectivity index (χ2n) is 4.42. The van der Waals surface area contributed by atoms with E-state index < -0.39 is 0 Å². The van der Waals surface area contributed by atoms with Gasteiger partial charge in [-0.25, -0.2) is 0 Å². The fraction of sp³-hybridized carbons (Fsp3) is 0.500. The van der Waals surface area contributed by atoms with Gasteiger partial charge in [0.15, 0.2) is 0 Å². The van der Waals surface area contributed by atoms with E-state index in [0.717, 1.165) is 24.3 Å². The van der Waals surface area contributed by atoms with Gasteiger partial charge in [-0.15, -0.1) is 0 Å². The fourth-order valence-corrected chi connectivity index (χ4v) is 3.72. The highest BCUT2D eigenvalue weighted by Gasteiger charge is 2.24. The standard InChI is InChI=1S/C12H17N3S2/c1-8-6-15(7-9(2)17-8)11-5-14-4-3-10(11)12(13)16/h3-5,8-9H,6-7H2,1-2H3,(H2,13,16). The van der Waals surface area contributed by atoms with Crippen LogP contribution in [0, 0.1) is 0 Å². The molecule has 17 heavy (non-hydrogen) atoms. The smallest absolute Gasteiger partial charge is 0.106 e. The van der Waals surface area contributed by atoms with Crippen molar-refractivity contribution in [2.45, 2.75) is 24.3 Å². The summed E-state index contributed by atoms with van der Waals surface area (Å²) in [6.07, 6.45) is 3.60. The van der Waals surface area contributed by atoms with Crippen LogP contribution >= 0.6 is 24.0 Å². The zero-order valence-electron chi connectivity index (χ0n) is 10.1. The first-order chi connectivity index (χ1) is 8.08. The van der Waals surface area contributed by atoms with Crippen molar-refractivity contribution >= 4 is 34.7 Å². The predicted molar refractivity (Wildman–Crippen MR) is 78.9 cm³/mol. The second-order valence-corrected chi connectivity index (χ2v) is 6.74. The third kappa shape index (κ3) is 2.90. The van der Waals surface area contributed by atoms with E-state index in [1.54, 1.807) is 6.20 Å². The Hall–Kier alpha value is -0.810. The molecule has 0 amide bonds. The van der Waals surface area contributed by atoms with Crippen molar-refractivity contribution in [3.8, 4) is 0 Å². The SMILES string of the molecule is CC1CN(c2cnccc2C(N)=S)CC(C)S1. The fourth-order valence-electron chi connectivity index (χ4n) is 2.22. The molecule has 0 aromatic carbocycles. The Morgan fingerprint density at radius 1 is 1.47 bits per heavy atom. The summed E-state index contributed by atoms with van der Waals surface area (Å²) in [4.78, 5) is 6.98. The molecule has 2 heterocycles. The summed E-state index contributed by atoms with van der Waals surface area (Å²) in [6, 6.07) is 1.90. The molecule has 0 spiro atoms. The molecule has 1 aliphatic rings. The number of anilines is 1. The summed E-state index contributed by atoms with van der Waals surface area (Å²) in [5, 5.41) is 1.25. The van der Waals surface area contributed by atoms with Crippen LogP contribution in [0.1, 0.15) is 19.4 Å². The molecule has 2 unspecified atom stereocenters. The number of pyridine rings is 1. The first-order valence-corrected chi connectivity index (χ1v) is 7.07. The van der Waals surface area contributed by atoms with Crippen LogP contribution in [-0.2, 0) is 0 Å². The van der Waals surface area contributed by atoms with Crippen molar-refractivity contribution in [3.63, 3.8) is 0 Å². The lowest BCUT2D eigenvalue weighted by Crippen LogP contribution is -2.41. The molecule has 2 atom stereocenters. The van der Waals surface area contributed by atoms with Crippen LogP contribution in [0.15, 0.2) is 18.5 Å². The molecule has 0 radical (unpaired) electrons. The van der Waals surface area contributed by atoms with Crippen LogP contribution in [-0.4, -0.2) is 33.6 Å². The van der Waals surface area contributed by atoms with Crippen LogP contribution < -0.4 is 10.6 Å². The highest BCUT2D eigenvalue weighted by Crippen LogP contribution is 2.29. The molecule has 1 aliphatic heterocycles. The number of thiocarbonyl (C=S) groups is 1. The van der Waals surface area contributed by atoms with Gasteiger partial charge in [0.25, 0.3) is 0 Å². The van der Waals surface area contributed by atoms with Crippen LogP contribution in [0.4, 0.5) is 5.69 Å². The van der Waals surface area contributed by atoms with E-state index in [2.05, 4.69) is 23.7 Å². The predicted octanol–water partition coefficient (Wildman–Crippen LogP) is 2.05. The summed E-state index contributed by atoms with van der Waals surface area (Å²) in [7, 11) is 0. The molecule has 1 saturated heterocycles. The molecule has 92 valence electrons. The Labute approximate surface area is 112 Å². The molecular formula is C12H17N3S2. The first-order valence-electron chi connectivity index (χ1n) is 5.72. The lowest BCUT2D eigenvalue weighted by Gasteiger charge is -2.36. The average molecular weight is 267 g/mol. The number of aromatic nitrogens is 1. The maximum absolute atomic E-state index is 5.76. The molecule has 5 heteroatoms. The van der Waals surface area contributed by atoms with Crippen LogP contribution in [0.2, 0.25) is 0 Å². The Kier molecular flexibility index (Phi) is 3.89. The number of hydrogen-bond donors (Lipinski definition) is 1. The molecule has 2 N–H and O–H groups in total. The summed E-state index contributed by atoms with van der Waals surface area (Å²) >= 11 is 7.12. The summed E-state index contributed by atoms with van der Waals surface area (Å²) in [5.41, 5.74) is 7.76. The Bertz CT molecular complexity index is 412. The highest BCUT2D eigenvalue weighted by molar-refractivity contribution is 8.00. The largest absolute Gasteiger partial charge is 0.389 e. The van der Waals surface area contributed by atoms with Gasteiger partial charge in [-0.1, -0.05) is 26.1 Å². The van der Waals surface area contributed by atoms with E-state index in [-0.39, 0.29) is 0 Å². The van der Waals surface area contributed by atoms with E-state index in [9.17, 15) is 0 Å². The van der Waals surface area contributed by atoms with Gasteiger partial charge in [0, 0.05) is 35.3 Å². The van der Waals surface area contributed by atoms with Crippen molar-refractivity contribution < 1.29 is 0 Å². The van der Waals surface area contributed by atoms with Crippen LogP contribution in [0.25, 0.3) is 0 Å². The third-order valence-corrected chi connectivity index (χ3v) is 4.27. The van der Waals surface area contributed by atoms with E-state index in [1.165, 1.54) is 0 Å². The van der Waals surface area contributed by atoms with Gasteiger partial charge in [-0.05, 0) is 6.07 Å². The minimum atomic E-state index is 0.445. The van der Waals surface area contributed by atoms with Crippen molar-refractivity contribution in [2.75, 3.05) is 18.0 Å². The van der Waals surface area contributed by atoms with Crippen LogP contribution in [0.5, 0.6) is 0 Å². The maximum Gasteiger partial charge on any atom is 0.106 e. The van der Waals surface area contributed by atoms with Crippen molar-refractivity contribution in [1.82, 2.24) is 4.98 Å². The van der Waals surface area contributed by atoms with E-state index >= 15 is 0 Å². The van der Waals surface area contributed by atoms with Gasteiger partial charge < -0.3 is 10.6 Å². The van der Waals surface area contributed by atoms with Gasteiger partial charge in [0.1, 0.15) is 4.99 Å². The normalized spacial score (nSPS) is 24.7. The molecule has 0 bridgehead atoms. The number of nitrogens with two attached hydrogens (primary N) is 1. The molecule has 3 nitrogen and oxygen atoms in total. The van der Waals surface area contributed by atoms with E-state index in [0.29, 0.717) is 15.5 Å². The summed E-state index contributed by atoms with van der Waals surface area (Å²) in [5.74, 6) is 0. The van der Waals surface area contributed by atoms with E-state index in [4.69, 9.17) is 18.0 Å². The van der Waals surface area contributed by atoms with E-state index in [1.807, 2.05) is 24.0 Å². The zero-order chi connectivity index (χ0) is 12.4. The van der Waals surface area contributed by atoms with Gasteiger partial charge in [-0.2, -0.15) is 11.8 Å². The van der Waals surface area contributed by atoms with Crippen molar-refractivity contribution in [1.29, 1.82) is 0 Å². The lowest BCUT2D eigenvalue weighted by molar-refractivity contribution is 0.726. The molecule has 1 aromatic rings. The molecule has 0 aliphatic carbocycles. The maximum atomic E-state index is 5.76. The number of nitrogens with zero attached hydrogens (tertiary/aromatic N) is 2. The average Bonchev–Trinajstić information content (AvgIpc) is 2.27. The van der Waals surface area contributed by atoms with Crippen molar-refractivity contribution in [2.24, 2.45) is 5.73 Å². The van der Waals surface area contributed by atoms with Gasteiger partial charge >= 0.3 is 0 Å². The lowest BCUT2D eigenvalue weighted by atomic mass is 10.2. The molecule has 1 aromatic heterocycles. The second kappa shape index (κ2) is 5.23. The number of thioether (sulfide) groups is 1. The van der Waals surface area contributed by atoms with Gasteiger partial charge in [0.05, 0.1) is 11.9 Å². The quantitative estimate of drug-likeness (QED) is 0.831. The highest BCUT2D eigenvalue weighted by atomic mass is 32.2. The Balaban J connectivity index is 2.30. The minimum Gasteiger partial charge on any atom is -0.389 e. The first kappa shape index (κ1) is 12.6. The Morgan fingerprint density at radius 2 is 2.12 bits per heavy atom. The molecular weight excluding hydrogens is 250 g/mol. The summed E-state index contributed by atoms with van der Waals surface area (Å²) in [6.45, 7) is 6.56. The van der Waals surface area contributed by atoms with Gasteiger partial charge in [0.2, 0.25) is 0 Å². The van der Waals surface area contributed by atoms with Crippen LogP contribution in [0.3, 0.4) is 0 Å². The Morgan fingerprint density at radius 3 is 2.71 bits per heavy atom.